The number of hydrogen-bond acceptors (Lipinski definition) is 6. The first-order chi connectivity index (χ1) is 12.6. The second kappa shape index (κ2) is 7.00. The summed E-state index contributed by atoms with van der Waals surface area (Å²) < 4.78 is 7.53. The number of hydrogen-bond donors (Lipinski definition) is 2. The number of anilines is 1. The van der Waals surface area contributed by atoms with Crippen molar-refractivity contribution in [2.45, 2.75) is 38.8 Å². The van der Waals surface area contributed by atoms with Gasteiger partial charge in [0.05, 0.1) is 29.7 Å². The van der Waals surface area contributed by atoms with Crippen molar-refractivity contribution in [3.8, 4) is 10.6 Å². The van der Waals surface area contributed by atoms with E-state index in [1.165, 1.54) is 11.3 Å². The van der Waals surface area contributed by atoms with Crippen LogP contribution in [0.4, 0.5) is 5.69 Å². The minimum Gasteiger partial charge on any atom is -0.378 e. The van der Waals surface area contributed by atoms with Crippen LogP contribution in [0.1, 0.15) is 42.0 Å². The summed E-state index contributed by atoms with van der Waals surface area (Å²) in [4.78, 5) is 16.9. The largest absolute Gasteiger partial charge is 0.378 e. The summed E-state index contributed by atoms with van der Waals surface area (Å²) in [7, 11) is 0. The first kappa shape index (κ1) is 16.9. The highest BCUT2D eigenvalue weighted by atomic mass is 32.1. The van der Waals surface area contributed by atoms with E-state index in [0.717, 1.165) is 35.7 Å². The summed E-state index contributed by atoms with van der Waals surface area (Å²) in [5.74, 6) is -0.237. The summed E-state index contributed by atoms with van der Waals surface area (Å²) in [5.41, 5.74) is 2.77. The van der Waals surface area contributed by atoms with Crippen molar-refractivity contribution in [2.75, 3.05) is 11.9 Å². The van der Waals surface area contributed by atoms with E-state index in [9.17, 15) is 4.79 Å². The van der Waals surface area contributed by atoms with Crippen molar-refractivity contribution in [3.05, 3.63) is 35.4 Å². The highest BCUT2D eigenvalue weighted by Gasteiger charge is 2.32. The van der Waals surface area contributed by atoms with Crippen molar-refractivity contribution >= 4 is 22.9 Å². The number of H-pyrrole nitrogens is 1. The van der Waals surface area contributed by atoms with E-state index >= 15 is 0 Å². The Hall–Kier alpha value is -2.52. The molecule has 0 aliphatic heterocycles. The van der Waals surface area contributed by atoms with Crippen molar-refractivity contribution in [1.29, 1.82) is 0 Å². The van der Waals surface area contributed by atoms with Crippen molar-refractivity contribution in [3.63, 3.8) is 0 Å². The van der Waals surface area contributed by atoms with Gasteiger partial charge in [0.1, 0.15) is 10.7 Å². The van der Waals surface area contributed by atoms with Gasteiger partial charge in [-0.25, -0.2) is 4.98 Å². The van der Waals surface area contributed by atoms with Gasteiger partial charge in [0.25, 0.3) is 5.91 Å². The van der Waals surface area contributed by atoms with Crippen molar-refractivity contribution in [1.82, 2.24) is 25.0 Å². The van der Waals surface area contributed by atoms with Crippen LogP contribution in [0.2, 0.25) is 0 Å². The number of ether oxygens (including phenoxy) is 1. The molecule has 8 nitrogen and oxygen atoms in total. The molecule has 3 heterocycles. The van der Waals surface area contributed by atoms with Crippen LogP contribution in [0.25, 0.3) is 10.6 Å². The molecule has 136 valence electrons. The van der Waals surface area contributed by atoms with Gasteiger partial charge in [-0.05, 0) is 26.7 Å². The number of carbonyl (C=O) groups excluding carboxylic acids is 1. The Morgan fingerprint density at radius 3 is 3.08 bits per heavy atom. The number of carbonyl (C=O) groups is 1. The molecular formula is C17H20N6O2S. The molecule has 0 bridgehead atoms. The molecular weight excluding hydrogens is 352 g/mol. The molecule has 1 aliphatic rings. The number of aromatic nitrogens is 5. The molecule has 0 spiro atoms. The van der Waals surface area contributed by atoms with E-state index in [4.69, 9.17) is 4.74 Å². The van der Waals surface area contributed by atoms with Gasteiger partial charge in [-0.2, -0.15) is 10.2 Å². The minimum absolute atomic E-state index is 0.237. The van der Waals surface area contributed by atoms with E-state index in [1.54, 1.807) is 17.8 Å². The maximum atomic E-state index is 12.5. The van der Waals surface area contributed by atoms with Crippen LogP contribution in [0.5, 0.6) is 0 Å². The molecule has 0 radical (unpaired) electrons. The fraction of sp³-hybridized carbons (Fsp3) is 0.412. The molecule has 0 saturated heterocycles. The van der Waals surface area contributed by atoms with Gasteiger partial charge in [-0.3, -0.25) is 14.6 Å². The van der Waals surface area contributed by atoms with Crippen LogP contribution in [0.15, 0.2) is 24.0 Å². The van der Waals surface area contributed by atoms with Gasteiger partial charge in [-0.1, -0.05) is 0 Å². The van der Waals surface area contributed by atoms with Gasteiger partial charge >= 0.3 is 0 Å². The Morgan fingerprint density at radius 1 is 1.50 bits per heavy atom. The molecule has 0 unspecified atom stereocenters. The molecule has 1 amide bonds. The molecule has 1 aliphatic carbocycles. The monoisotopic (exact) mass is 372 g/mol. The van der Waals surface area contributed by atoms with Gasteiger partial charge in [0.2, 0.25) is 0 Å². The Labute approximate surface area is 154 Å². The Morgan fingerprint density at radius 2 is 2.35 bits per heavy atom. The quantitative estimate of drug-likeness (QED) is 0.693. The van der Waals surface area contributed by atoms with Gasteiger partial charge < -0.3 is 10.1 Å². The Kier molecular flexibility index (Phi) is 4.56. The number of aryl methyl sites for hydroxylation is 1. The molecule has 26 heavy (non-hydrogen) atoms. The number of nitrogens with one attached hydrogen (secondary N) is 2. The topological polar surface area (TPSA) is 97.7 Å². The van der Waals surface area contributed by atoms with Crippen LogP contribution in [0, 0.1) is 6.92 Å². The lowest BCUT2D eigenvalue weighted by Gasteiger charge is -2.34. The number of nitrogens with zero attached hydrogens (tertiary/aromatic N) is 4. The normalized spacial score (nSPS) is 19.3. The van der Waals surface area contributed by atoms with Crippen molar-refractivity contribution in [2.24, 2.45) is 0 Å². The zero-order chi connectivity index (χ0) is 18.1. The predicted molar refractivity (Wildman–Crippen MR) is 98.3 cm³/mol. The summed E-state index contributed by atoms with van der Waals surface area (Å²) in [6, 6.07) is 0.336. The molecule has 3 aromatic heterocycles. The smallest absolute Gasteiger partial charge is 0.275 e. The average Bonchev–Trinajstić information content (AvgIpc) is 3.31. The summed E-state index contributed by atoms with van der Waals surface area (Å²) in [6.45, 7) is 4.64. The molecule has 1 saturated carbocycles. The van der Waals surface area contributed by atoms with E-state index in [0.29, 0.717) is 23.5 Å². The Bertz CT molecular complexity index is 894. The molecule has 0 aromatic carbocycles. The fourth-order valence-electron chi connectivity index (χ4n) is 2.98. The van der Waals surface area contributed by atoms with Crippen LogP contribution in [0.3, 0.4) is 0 Å². The Balaban J connectivity index is 1.42. The maximum absolute atomic E-state index is 12.5. The van der Waals surface area contributed by atoms with E-state index in [1.807, 2.05) is 24.7 Å². The van der Waals surface area contributed by atoms with E-state index in [-0.39, 0.29) is 5.91 Å². The average molecular weight is 372 g/mol. The van der Waals surface area contributed by atoms with Crippen LogP contribution < -0.4 is 5.32 Å². The summed E-state index contributed by atoms with van der Waals surface area (Å²) >= 11 is 1.41. The van der Waals surface area contributed by atoms with Crippen LogP contribution >= 0.6 is 11.3 Å². The van der Waals surface area contributed by atoms with Gasteiger partial charge in [-0.15, -0.1) is 11.3 Å². The van der Waals surface area contributed by atoms with E-state index in [2.05, 4.69) is 25.6 Å². The van der Waals surface area contributed by atoms with Crippen molar-refractivity contribution < 1.29 is 9.53 Å². The lowest BCUT2D eigenvalue weighted by Crippen LogP contribution is -2.33. The third kappa shape index (κ3) is 3.27. The second-order valence-electron chi connectivity index (χ2n) is 6.29. The van der Waals surface area contributed by atoms with Crippen LogP contribution in [-0.2, 0) is 4.74 Å². The lowest BCUT2D eigenvalue weighted by atomic mass is 9.89. The summed E-state index contributed by atoms with van der Waals surface area (Å²) in [6.07, 6.45) is 7.57. The first-order valence-electron chi connectivity index (χ1n) is 8.57. The SMILES string of the molecule is CCOC1CC(n2cc(NC(=O)c3csc(-c4cn[nH]c4)n3)c(C)n2)C1. The zero-order valence-corrected chi connectivity index (χ0v) is 15.4. The third-order valence-corrected chi connectivity index (χ3v) is 5.38. The maximum Gasteiger partial charge on any atom is 0.275 e. The third-order valence-electron chi connectivity index (χ3n) is 4.49. The molecule has 2 N–H and O–H groups in total. The number of rotatable bonds is 6. The van der Waals surface area contributed by atoms with E-state index < -0.39 is 0 Å². The minimum atomic E-state index is -0.237. The number of thiazole rings is 1. The summed E-state index contributed by atoms with van der Waals surface area (Å²) in [5, 5.41) is 16.6. The first-order valence-corrected chi connectivity index (χ1v) is 9.45. The number of aromatic amines is 1. The fourth-order valence-corrected chi connectivity index (χ4v) is 3.76. The standard InChI is InChI=1S/C17H20N6O2S/c1-3-25-13-4-12(5-13)23-8-14(10(2)22-23)20-16(24)15-9-26-17(21-15)11-6-18-19-7-11/h6-9,12-13H,3-5H2,1-2H3,(H,18,19)(H,20,24). The molecule has 4 rings (SSSR count). The highest BCUT2D eigenvalue weighted by Crippen LogP contribution is 2.35. The second-order valence-corrected chi connectivity index (χ2v) is 7.15. The molecule has 3 aromatic rings. The lowest BCUT2D eigenvalue weighted by molar-refractivity contribution is -0.0227. The molecule has 1 fully saturated rings. The predicted octanol–water partition coefficient (Wildman–Crippen LogP) is 3.03. The van der Waals surface area contributed by atoms with Gasteiger partial charge in [0.15, 0.2) is 0 Å². The molecule has 0 atom stereocenters. The highest BCUT2D eigenvalue weighted by molar-refractivity contribution is 7.13. The van der Waals surface area contributed by atoms with Crippen LogP contribution in [-0.4, -0.2) is 43.6 Å². The molecule has 9 heteroatoms. The van der Waals surface area contributed by atoms with Gasteiger partial charge in [0, 0.05) is 29.9 Å². The number of amides is 1. The zero-order valence-electron chi connectivity index (χ0n) is 14.6.